The van der Waals surface area contributed by atoms with E-state index in [-0.39, 0.29) is 17.7 Å². The number of hydrogen-bond donors (Lipinski definition) is 2. The van der Waals surface area contributed by atoms with E-state index < -0.39 is 9.84 Å². The fourth-order valence-corrected chi connectivity index (χ4v) is 3.67. The van der Waals surface area contributed by atoms with Gasteiger partial charge in [-0.3, -0.25) is 4.79 Å². The molecule has 2 N–H and O–H groups in total. The van der Waals surface area contributed by atoms with Crippen molar-refractivity contribution in [3.63, 3.8) is 0 Å². The Bertz CT molecular complexity index is 569. The zero-order chi connectivity index (χ0) is 13.9. The number of amides is 1. The van der Waals surface area contributed by atoms with Crippen molar-refractivity contribution in [3.8, 4) is 0 Å². The second-order valence-electron chi connectivity index (χ2n) is 4.66. The quantitative estimate of drug-likeness (QED) is 0.850. The molecule has 1 aliphatic heterocycles. The molecular weight excluding hydrogens is 264 g/mol. The van der Waals surface area contributed by atoms with Crippen molar-refractivity contribution in [1.29, 1.82) is 0 Å². The Balaban J connectivity index is 2.24. The molecule has 19 heavy (non-hydrogen) atoms. The molecule has 0 radical (unpaired) electrons. The maximum Gasteiger partial charge on any atom is 0.222 e. The van der Waals surface area contributed by atoms with Gasteiger partial charge in [0, 0.05) is 13.0 Å². The molecule has 0 aromatic heterocycles. The topological polar surface area (TPSA) is 75.3 Å². The van der Waals surface area contributed by atoms with Gasteiger partial charge in [0.25, 0.3) is 0 Å². The number of carbonyl (C=O) groups excluding carboxylic acids is 1. The van der Waals surface area contributed by atoms with Crippen LogP contribution in [0.3, 0.4) is 0 Å². The van der Waals surface area contributed by atoms with E-state index in [0.717, 1.165) is 0 Å². The van der Waals surface area contributed by atoms with Gasteiger partial charge in [0.15, 0.2) is 9.84 Å². The number of rotatable bonds is 5. The zero-order valence-corrected chi connectivity index (χ0v) is 11.7. The van der Waals surface area contributed by atoms with Crippen LogP contribution in [0, 0.1) is 0 Å². The van der Waals surface area contributed by atoms with Crippen molar-refractivity contribution in [2.45, 2.75) is 30.7 Å². The van der Waals surface area contributed by atoms with Gasteiger partial charge in [-0.15, -0.1) is 0 Å². The molecule has 6 heteroatoms. The Morgan fingerprint density at radius 3 is 2.74 bits per heavy atom. The number of benzene rings is 1. The number of anilines is 1. The van der Waals surface area contributed by atoms with Crippen LogP contribution >= 0.6 is 0 Å². The molecule has 0 bridgehead atoms. The lowest BCUT2D eigenvalue weighted by Crippen LogP contribution is -2.23. The zero-order valence-electron chi connectivity index (χ0n) is 10.8. The molecule has 5 nitrogen and oxygen atoms in total. The maximum atomic E-state index is 12.2. The Morgan fingerprint density at radius 2 is 2.11 bits per heavy atom. The number of hydrogen-bond acceptors (Lipinski definition) is 4. The lowest BCUT2D eigenvalue weighted by atomic mass is 10.2. The average molecular weight is 282 g/mol. The maximum absolute atomic E-state index is 12.2. The minimum absolute atomic E-state index is 0.00797. The Hall–Kier alpha value is -1.56. The van der Waals surface area contributed by atoms with E-state index in [1.54, 1.807) is 24.3 Å². The molecule has 1 amide bonds. The molecule has 2 rings (SSSR count). The summed E-state index contributed by atoms with van der Waals surface area (Å²) in [6.45, 7) is 2.37. The number of carbonyl (C=O) groups is 1. The van der Waals surface area contributed by atoms with Gasteiger partial charge in [-0.2, -0.15) is 0 Å². The normalized spacial score (nSPS) is 19.2. The summed E-state index contributed by atoms with van der Waals surface area (Å²) in [5.74, 6) is 0.125. The first-order valence-corrected chi connectivity index (χ1v) is 8.03. The first-order chi connectivity index (χ1) is 9.03. The van der Waals surface area contributed by atoms with Crippen molar-refractivity contribution in [1.82, 2.24) is 5.32 Å². The van der Waals surface area contributed by atoms with Crippen LogP contribution < -0.4 is 10.6 Å². The Kier molecular flexibility index (Phi) is 4.09. The van der Waals surface area contributed by atoms with Gasteiger partial charge in [-0.25, -0.2) is 8.42 Å². The molecule has 0 aliphatic carbocycles. The van der Waals surface area contributed by atoms with E-state index in [1.807, 2.05) is 6.92 Å². The van der Waals surface area contributed by atoms with Gasteiger partial charge in [0.1, 0.15) is 0 Å². The third-order valence-corrected chi connectivity index (χ3v) is 5.00. The average Bonchev–Trinajstić information content (AvgIpc) is 2.75. The van der Waals surface area contributed by atoms with Gasteiger partial charge in [0.05, 0.1) is 22.4 Å². The molecule has 1 heterocycles. The summed E-state index contributed by atoms with van der Waals surface area (Å²) in [7, 11) is -3.26. The summed E-state index contributed by atoms with van der Waals surface area (Å²) in [5, 5.41) is 5.86. The van der Waals surface area contributed by atoms with Crippen LogP contribution in [-0.4, -0.2) is 32.7 Å². The van der Waals surface area contributed by atoms with Gasteiger partial charge >= 0.3 is 0 Å². The first-order valence-electron chi connectivity index (χ1n) is 6.38. The van der Waals surface area contributed by atoms with Crippen LogP contribution in [-0.2, 0) is 14.6 Å². The number of nitrogens with one attached hydrogen (secondary N) is 2. The smallest absolute Gasteiger partial charge is 0.222 e. The highest BCUT2D eigenvalue weighted by molar-refractivity contribution is 7.91. The summed E-state index contributed by atoms with van der Waals surface area (Å²) in [6, 6.07) is 6.80. The molecule has 1 atom stereocenters. The first kappa shape index (κ1) is 13.9. The molecule has 1 aromatic rings. The van der Waals surface area contributed by atoms with Crippen molar-refractivity contribution in [2.75, 3.05) is 17.6 Å². The lowest BCUT2D eigenvalue weighted by molar-refractivity contribution is -0.119. The van der Waals surface area contributed by atoms with Crippen LogP contribution in [0.1, 0.15) is 19.8 Å². The fraction of sp³-hybridized carbons (Fsp3) is 0.462. The van der Waals surface area contributed by atoms with Crippen molar-refractivity contribution >= 4 is 21.4 Å². The minimum Gasteiger partial charge on any atom is -0.379 e. The Morgan fingerprint density at radius 1 is 1.37 bits per heavy atom. The lowest BCUT2D eigenvalue weighted by Gasteiger charge is -2.15. The SMILES string of the molecule is CCCS(=O)(=O)c1ccccc1NC1CNC(=O)C1. The van der Waals surface area contributed by atoms with Crippen LogP contribution in [0.4, 0.5) is 5.69 Å². The standard InChI is InChI=1S/C13H18N2O3S/c1-2-7-19(17,18)12-6-4-3-5-11(12)15-10-8-13(16)14-9-10/h3-6,10,15H,2,7-9H2,1H3,(H,14,16). The molecule has 1 saturated heterocycles. The summed E-state index contributed by atoms with van der Waals surface area (Å²) in [5.41, 5.74) is 0.581. The predicted octanol–water partition coefficient (Wildman–Crippen LogP) is 1.17. The third-order valence-electron chi connectivity index (χ3n) is 3.03. The van der Waals surface area contributed by atoms with Crippen LogP contribution in [0.5, 0.6) is 0 Å². The molecule has 1 unspecified atom stereocenters. The van der Waals surface area contributed by atoms with Crippen LogP contribution in [0.15, 0.2) is 29.2 Å². The van der Waals surface area contributed by atoms with Crippen molar-refractivity contribution in [2.24, 2.45) is 0 Å². The molecule has 0 spiro atoms. The summed E-state index contributed by atoms with van der Waals surface area (Å²) >= 11 is 0. The molecular formula is C13H18N2O3S. The van der Waals surface area contributed by atoms with Crippen LogP contribution in [0.25, 0.3) is 0 Å². The molecule has 1 aromatic carbocycles. The Labute approximate surface area is 113 Å². The molecule has 0 saturated carbocycles. The van der Waals surface area contributed by atoms with Crippen LogP contribution in [0.2, 0.25) is 0 Å². The highest BCUT2D eigenvalue weighted by Crippen LogP contribution is 2.24. The number of sulfone groups is 1. The van der Waals surface area contributed by atoms with E-state index in [0.29, 0.717) is 30.0 Å². The summed E-state index contributed by atoms with van der Waals surface area (Å²) in [4.78, 5) is 11.5. The number of para-hydroxylation sites is 1. The fourth-order valence-electron chi connectivity index (χ4n) is 2.16. The van der Waals surface area contributed by atoms with Gasteiger partial charge in [-0.05, 0) is 18.6 Å². The van der Waals surface area contributed by atoms with E-state index in [2.05, 4.69) is 10.6 Å². The minimum atomic E-state index is -3.26. The van der Waals surface area contributed by atoms with E-state index in [9.17, 15) is 13.2 Å². The van der Waals surface area contributed by atoms with Crippen molar-refractivity contribution in [3.05, 3.63) is 24.3 Å². The van der Waals surface area contributed by atoms with Gasteiger partial charge in [-0.1, -0.05) is 19.1 Å². The van der Waals surface area contributed by atoms with E-state index >= 15 is 0 Å². The van der Waals surface area contributed by atoms with Gasteiger partial charge in [0.2, 0.25) is 5.91 Å². The monoisotopic (exact) mass is 282 g/mol. The highest BCUT2D eigenvalue weighted by Gasteiger charge is 2.24. The molecule has 104 valence electrons. The van der Waals surface area contributed by atoms with E-state index in [1.165, 1.54) is 0 Å². The largest absolute Gasteiger partial charge is 0.379 e. The van der Waals surface area contributed by atoms with Crippen molar-refractivity contribution < 1.29 is 13.2 Å². The second-order valence-corrected chi connectivity index (χ2v) is 6.74. The second kappa shape index (κ2) is 5.61. The highest BCUT2D eigenvalue weighted by atomic mass is 32.2. The predicted molar refractivity (Wildman–Crippen MR) is 73.8 cm³/mol. The molecule has 1 aliphatic rings. The summed E-state index contributed by atoms with van der Waals surface area (Å²) in [6.07, 6.45) is 0.961. The molecule has 1 fully saturated rings. The van der Waals surface area contributed by atoms with E-state index in [4.69, 9.17) is 0 Å². The summed E-state index contributed by atoms with van der Waals surface area (Å²) < 4.78 is 24.3. The third kappa shape index (κ3) is 3.26. The van der Waals surface area contributed by atoms with Gasteiger partial charge < -0.3 is 10.6 Å².